The number of ether oxygens (including phenoxy) is 2. The number of imide groups is 1. The second-order valence-electron chi connectivity index (χ2n) is 5.94. The van der Waals surface area contributed by atoms with Gasteiger partial charge in [-0.25, -0.2) is 0 Å². The standard InChI is InChI=1S/C19H18N2O5S/c1-25-15-4-2-3-13(10-15)16(21-24)11-26-14-7-5-12(6-8-14)9-17-18(22)20-19(23)27-17/h2-8,10,16-17H,9,11H2,1H3,(H,20,22,23)/t16-,17?/m1/s1. The molecule has 2 aromatic rings. The summed E-state index contributed by atoms with van der Waals surface area (Å²) in [4.78, 5) is 34.0. The maximum atomic E-state index is 11.6. The lowest BCUT2D eigenvalue weighted by Gasteiger charge is -2.13. The molecular weight excluding hydrogens is 368 g/mol. The van der Waals surface area contributed by atoms with Gasteiger partial charge in [-0.2, -0.15) is 4.91 Å². The van der Waals surface area contributed by atoms with Crippen LogP contribution in [0.1, 0.15) is 17.2 Å². The zero-order valence-electron chi connectivity index (χ0n) is 14.6. The molecule has 140 valence electrons. The van der Waals surface area contributed by atoms with Crippen LogP contribution < -0.4 is 14.8 Å². The topological polar surface area (TPSA) is 94.1 Å². The van der Waals surface area contributed by atoms with Gasteiger partial charge in [-0.1, -0.05) is 41.2 Å². The van der Waals surface area contributed by atoms with E-state index in [1.165, 1.54) is 0 Å². The van der Waals surface area contributed by atoms with Gasteiger partial charge in [-0.3, -0.25) is 14.9 Å². The molecule has 3 rings (SSSR count). The minimum Gasteiger partial charge on any atom is -0.497 e. The van der Waals surface area contributed by atoms with Crippen LogP contribution >= 0.6 is 11.8 Å². The van der Waals surface area contributed by atoms with Crippen LogP contribution in [0.3, 0.4) is 0 Å². The highest BCUT2D eigenvalue weighted by Crippen LogP contribution is 2.25. The lowest BCUT2D eigenvalue weighted by Crippen LogP contribution is -2.25. The Labute approximate surface area is 160 Å². The summed E-state index contributed by atoms with van der Waals surface area (Å²) in [6.45, 7) is 0.103. The van der Waals surface area contributed by atoms with E-state index in [1.54, 1.807) is 43.5 Å². The van der Waals surface area contributed by atoms with Gasteiger partial charge in [0.05, 0.1) is 12.4 Å². The van der Waals surface area contributed by atoms with Crippen LogP contribution in [0.15, 0.2) is 53.7 Å². The van der Waals surface area contributed by atoms with Gasteiger partial charge in [-0.15, -0.1) is 0 Å². The molecular formula is C19H18N2O5S. The summed E-state index contributed by atoms with van der Waals surface area (Å²) in [5.41, 5.74) is 1.64. The van der Waals surface area contributed by atoms with Crippen molar-refractivity contribution in [3.05, 3.63) is 64.6 Å². The maximum Gasteiger partial charge on any atom is 0.286 e. The number of nitrogens with one attached hydrogen (secondary N) is 1. The number of hydrogen-bond donors (Lipinski definition) is 1. The molecule has 8 heteroatoms. The van der Waals surface area contributed by atoms with Crippen molar-refractivity contribution in [2.24, 2.45) is 5.18 Å². The Hall–Kier alpha value is -2.87. The van der Waals surface area contributed by atoms with Crippen LogP contribution in [-0.4, -0.2) is 30.1 Å². The summed E-state index contributed by atoms with van der Waals surface area (Å²) in [6.07, 6.45) is 0.463. The highest BCUT2D eigenvalue weighted by Gasteiger charge is 2.31. The number of methoxy groups -OCH3 is 1. The van der Waals surface area contributed by atoms with Crippen LogP contribution in [0.5, 0.6) is 11.5 Å². The highest BCUT2D eigenvalue weighted by atomic mass is 32.2. The van der Waals surface area contributed by atoms with Crippen molar-refractivity contribution in [1.82, 2.24) is 5.32 Å². The van der Waals surface area contributed by atoms with Gasteiger partial charge in [0.25, 0.3) is 5.24 Å². The van der Waals surface area contributed by atoms with E-state index in [1.807, 2.05) is 12.1 Å². The first-order chi connectivity index (χ1) is 13.1. The molecule has 0 aliphatic carbocycles. The molecule has 1 fully saturated rings. The third-order valence-corrected chi connectivity index (χ3v) is 5.11. The van der Waals surface area contributed by atoms with Gasteiger partial charge in [0.1, 0.15) is 18.1 Å². The summed E-state index contributed by atoms with van der Waals surface area (Å²) in [5.74, 6) is 0.983. The van der Waals surface area contributed by atoms with Gasteiger partial charge in [0.15, 0.2) is 6.04 Å². The Bertz CT molecular complexity index is 840. The second kappa shape index (κ2) is 8.68. The molecule has 0 radical (unpaired) electrons. The minimum absolute atomic E-state index is 0.103. The first kappa shape index (κ1) is 18.9. The largest absolute Gasteiger partial charge is 0.497 e. The summed E-state index contributed by atoms with van der Waals surface area (Å²) < 4.78 is 10.8. The summed E-state index contributed by atoms with van der Waals surface area (Å²) >= 11 is 1.00. The van der Waals surface area contributed by atoms with Crippen LogP contribution in [-0.2, 0) is 11.2 Å². The Kier molecular flexibility index (Phi) is 6.08. The fourth-order valence-corrected chi connectivity index (χ4v) is 3.53. The smallest absolute Gasteiger partial charge is 0.286 e. The molecule has 1 aliphatic heterocycles. The van der Waals surface area contributed by atoms with Gasteiger partial charge >= 0.3 is 0 Å². The monoisotopic (exact) mass is 386 g/mol. The van der Waals surface area contributed by atoms with E-state index < -0.39 is 11.3 Å². The predicted molar refractivity (Wildman–Crippen MR) is 102 cm³/mol. The predicted octanol–water partition coefficient (Wildman–Crippen LogP) is 3.48. The van der Waals surface area contributed by atoms with E-state index in [-0.39, 0.29) is 17.8 Å². The third-order valence-electron chi connectivity index (χ3n) is 4.13. The molecule has 2 aromatic carbocycles. The molecule has 0 spiro atoms. The first-order valence-corrected chi connectivity index (χ1v) is 9.16. The second-order valence-corrected chi connectivity index (χ2v) is 7.12. The molecule has 1 aliphatic rings. The molecule has 0 aromatic heterocycles. The molecule has 0 saturated carbocycles. The molecule has 1 saturated heterocycles. The SMILES string of the molecule is COc1cccc([C@@H](COc2ccc(CC3SC(=O)NC3=O)cc2)N=O)c1. The molecule has 1 unspecified atom stereocenters. The minimum atomic E-state index is -0.649. The van der Waals surface area contributed by atoms with Crippen molar-refractivity contribution >= 4 is 22.9 Å². The number of rotatable bonds is 8. The average molecular weight is 386 g/mol. The van der Waals surface area contributed by atoms with E-state index in [9.17, 15) is 14.5 Å². The number of benzene rings is 2. The van der Waals surface area contributed by atoms with Gasteiger partial charge in [-0.05, 0) is 41.8 Å². The molecule has 2 atom stereocenters. The first-order valence-electron chi connectivity index (χ1n) is 8.28. The van der Waals surface area contributed by atoms with Gasteiger partial charge in [0.2, 0.25) is 5.91 Å². The van der Waals surface area contributed by atoms with Crippen molar-refractivity contribution in [3.8, 4) is 11.5 Å². The number of hydrogen-bond acceptors (Lipinski definition) is 7. The maximum absolute atomic E-state index is 11.6. The summed E-state index contributed by atoms with van der Waals surface area (Å²) in [7, 11) is 1.56. The molecule has 1 heterocycles. The number of amides is 2. The van der Waals surface area contributed by atoms with Crippen molar-refractivity contribution in [3.63, 3.8) is 0 Å². The summed E-state index contributed by atoms with van der Waals surface area (Å²) in [5, 5.41) is 4.70. The van der Waals surface area contributed by atoms with E-state index in [0.717, 1.165) is 22.9 Å². The Morgan fingerprint density at radius 2 is 1.93 bits per heavy atom. The Morgan fingerprint density at radius 3 is 2.56 bits per heavy atom. The van der Waals surface area contributed by atoms with Crippen molar-refractivity contribution in [2.45, 2.75) is 17.7 Å². The number of nitrogens with zero attached hydrogens (tertiary/aromatic N) is 1. The lowest BCUT2D eigenvalue weighted by atomic mass is 10.1. The third kappa shape index (κ3) is 4.85. The summed E-state index contributed by atoms with van der Waals surface area (Å²) in [6, 6.07) is 13.7. The molecule has 0 bridgehead atoms. The molecule has 27 heavy (non-hydrogen) atoms. The number of thioether (sulfide) groups is 1. The van der Waals surface area contributed by atoms with Crippen molar-refractivity contribution in [1.29, 1.82) is 0 Å². The number of nitroso groups, excluding NO2 is 1. The molecule has 2 amide bonds. The van der Waals surface area contributed by atoms with Crippen LogP contribution in [0.2, 0.25) is 0 Å². The van der Waals surface area contributed by atoms with Crippen LogP contribution in [0.25, 0.3) is 0 Å². The van der Waals surface area contributed by atoms with Gasteiger partial charge < -0.3 is 9.47 Å². The zero-order chi connectivity index (χ0) is 19.2. The molecule has 1 N–H and O–H groups in total. The zero-order valence-corrected chi connectivity index (χ0v) is 15.4. The fourth-order valence-electron chi connectivity index (χ4n) is 2.67. The van der Waals surface area contributed by atoms with E-state index in [2.05, 4.69) is 10.5 Å². The van der Waals surface area contributed by atoms with Crippen molar-refractivity contribution in [2.75, 3.05) is 13.7 Å². The highest BCUT2D eigenvalue weighted by molar-refractivity contribution is 8.15. The van der Waals surface area contributed by atoms with E-state index in [4.69, 9.17) is 9.47 Å². The van der Waals surface area contributed by atoms with Crippen LogP contribution in [0, 0.1) is 4.91 Å². The fraction of sp³-hybridized carbons (Fsp3) is 0.263. The van der Waals surface area contributed by atoms with E-state index >= 15 is 0 Å². The number of carbonyl (C=O) groups is 2. The lowest BCUT2D eigenvalue weighted by molar-refractivity contribution is -0.118. The number of carbonyl (C=O) groups excluding carboxylic acids is 2. The van der Waals surface area contributed by atoms with Gasteiger partial charge in [0, 0.05) is 0 Å². The van der Waals surface area contributed by atoms with E-state index in [0.29, 0.717) is 17.9 Å². The Morgan fingerprint density at radius 1 is 1.15 bits per heavy atom. The van der Waals surface area contributed by atoms with Crippen molar-refractivity contribution < 1.29 is 19.1 Å². The Balaban J connectivity index is 1.58. The molecule has 7 nitrogen and oxygen atoms in total. The normalized spacial score (nSPS) is 17.3. The quantitative estimate of drug-likeness (QED) is 0.698. The average Bonchev–Trinajstić information content (AvgIpc) is 3.00. The van der Waals surface area contributed by atoms with Crippen LogP contribution in [0.4, 0.5) is 4.79 Å².